The van der Waals surface area contributed by atoms with Crippen LogP contribution in [0.5, 0.6) is 11.5 Å². The van der Waals surface area contributed by atoms with Crippen LogP contribution in [0.25, 0.3) is 0 Å². The number of phenolic OH excluding ortho intramolecular Hbond substituents is 1. The Morgan fingerprint density at radius 3 is 2.42 bits per heavy atom. The van der Waals surface area contributed by atoms with Gasteiger partial charge in [0.2, 0.25) is 0 Å². The van der Waals surface area contributed by atoms with E-state index < -0.39 is 35.0 Å². The Bertz CT molecular complexity index is 1720. The molecule has 2 heterocycles. The van der Waals surface area contributed by atoms with Gasteiger partial charge in [-0.15, -0.1) is 0 Å². The molecule has 0 bridgehead atoms. The summed E-state index contributed by atoms with van der Waals surface area (Å²) in [6.07, 6.45) is 0.433. The van der Waals surface area contributed by atoms with Gasteiger partial charge in [-0.05, 0) is 48.4 Å². The van der Waals surface area contributed by atoms with Gasteiger partial charge in [0.05, 0.1) is 18.0 Å². The van der Waals surface area contributed by atoms with Crippen LogP contribution in [0.1, 0.15) is 47.8 Å². The number of fused-ring (bicyclic) bond motifs is 1. The number of rotatable bonds is 5. The maximum atomic E-state index is 16.1. The third-order valence-electron chi connectivity index (χ3n) is 7.54. The third-order valence-corrected chi connectivity index (χ3v) is 7.54. The minimum absolute atomic E-state index is 0.0161. The van der Waals surface area contributed by atoms with Crippen LogP contribution in [0.15, 0.2) is 96.4 Å². The third kappa shape index (κ3) is 5.38. The summed E-state index contributed by atoms with van der Waals surface area (Å²) >= 11 is 0. The molecule has 1 amide bonds. The van der Waals surface area contributed by atoms with E-state index >= 15 is 13.2 Å². The molecule has 2 aliphatic heterocycles. The monoisotopic (exact) mass is 586 g/mol. The van der Waals surface area contributed by atoms with Gasteiger partial charge in [0.25, 0.3) is 5.91 Å². The summed E-state index contributed by atoms with van der Waals surface area (Å²) in [5, 5.41) is 14.1. The van der Waals surface area contributed by atoms with E-state index in [2.05, 4.69) is 5.32 Å². The summed E-state index contributed by atoms with van der Waals surface area (Å²) in [7, 11) is 0. The topological polar surface area (TPSA) is 71.0 Å². The molecule has 1 unspecified atom stereocenters. The summed E-state index contributed by atoms with van der Waals surface area (Å²) in [5.41, 5.74) is 0.495. The SMILES string of the molecule is CC1(C)COC2=C(C1)Nc1c(O)cccc1N(C(=O)c1c(F)cccc1F)C2c1ccc(OCc2ccccc2)cc1F. The first-order valence-corrected chi connectivity index (χ1v) is 13.8. The van der Waals surface area contributed by atoms with E-state index in [0.29, 0.717) is 12.1 Å². The quantitative estimate of drug-likeness (QED) is 0.233. The number of hydrogen-bond donors (Lipinski definition) is 2. The van der Waals surface area contributed by atoms with Crippen molar-refractivity contribution in [3.8, 4) is 11.5 Å². The summed E-state index contributed by atoms with van der Waals surface area (Å²) in [4.78, 5) is 15.3. The number of allylic oxidation sites excluding steroid dienone is 1. The van der Waals surface area contributed by atoms with Crippen LogP contribution in [0.4, 0.5) is 24.5 Å². The van der Waals surface area contributed by atoms with Crippen LogP contribution < -0.4 is 15.0 Å². The van der Waals surface area contributed by atoms with Crippen molar-refractivity contribution in [2.75, 3.05) is 16.8 Å². The zero-order chi connectivity index (χ0) is 30.3. The van der Waals surface area contributed by atoms with Crippen LogP contribution in [0.3, 0.4) is 0 Å². The molecule has 43 heavy (non-hydrogen) atoms. The fourth-order valence-electron chi connectivity index (χ4n) is 5.48. The zero-order valence-electron chi connectivity index (χ0n) is 23.5. The van der Waals surface area contributed by atoms with Gasteiger partial charge >= 0.3 is 0 Å². The van der Waals surface area contributed by atoms with Crippen LogP contribution in [-0.2, 0) is 11.3 Å². The number of anilines is 2. The molecule has 9 heteroatoms. The van der Waals surface area contributed by atoms with E-state index in [1.54, 1.807) is 6.07 Å². The molecule has 6 rings (SSSR count). The van der Waals surface area contributed by atoms with E-state index in [1.165, 1.54) is 30.3 Å². The van der Waals surface area contributed by atoms with E-state index in [4.69, 9.17) is 9.47 Å². The molecule has 0 saturated carbocycles. The number of ether oxygens (including phenoxy) is 2. The number of para-hydroxylation sites is 1. The standard InChI is InChI=1S/C34H29F3N2O4/c1-34(2)17-26-32(43-19-34)31(22-15-14-21(16-25(22)37)42-18-20-8-4-3-5-9-20)39(27-12-7-13-28(40)30(27)38-26)33(41)29-23(35)10-6-11-24(29)36/h3-16,31,38,40H,17-19H2,1-2H3. The highest BCUT2D eigenvalue weighted by Crippen LogP contribution is 2.50. The predicted octanol–water partition coefficient (Wildman–Crippen LogP) is 7.86. The number of phenols is 1. The second-order valence-electron chi connectivity index (χ2n) is 11.4. The Morgan fingerprint density at radius 2 is 1.70 bits per heavy atom. The Labute approximate surface area is 247 Å². The fraction of sp³-hybridized carbons (Fsp3) is 0.206. The number of nitrogens with one attached hydrogen (secondary N) is 1. The number of hydrogen-bond acceptors (Lipinski definition) is 5. The lowest BCUT2D eigenvalue weighted by Crippen LogP contribution is -2.39. The highest BCUT2D eigenvalue weighted by Gasteiger charge is 2.44. The van der Waals surface area contributed by atoms with E-state index in [-0.39, 0.29) is 52.8 Å². The number of halogens is 3. The highest BCUT2D eigenvalue weighted by molar-refractivity contribution is 6.09. The minimum Gasteiger partial charge on any atom is -0.506 e. The fourth-order valence-corrected chi connectivity index (χ4v) is 5.48. The van der Waals surface area contributed by atoms with Crippen molar-refractivity contribution in [2.45, 2.75) is 32.9 Å². The largest absolute Gasteiger partial charge is 0.506 e. The summed E-state index contributed by atoms with van der Waals surface area (Å²) in [5.74, 6) is -3.68. The number of benzene rings is 4. The van der Waals surface area contributed by atoms with Gasteiger partial charge < -0.3 is 19.9 Å². The van der Waals surface area contributed by atoms with Gasteiger partial charge in [-0.1, -0.05) is 56.3 Å². The summed E-state index contributed by atoms with van der Waals surface area (Å²) in [6, 6.07) is 19.9. The predicted molar refractivity (Wildman–Crippen MR) is 156 cm³/mol. The number of carbonyl (C=O) groups excluding carboxylic acids is 1. The van der Waals surface area contributed by atoms with Crippen molar-refractivity contribution in [3.05, 3.63) is 131 Å². The maximum absolute atomic E-state index is 16.1. The van der Waals surface area contributed by atoms with Gasteiger partial charge in [0.15, 0.2) is 0 Å². The van der Waals surface area contributed by atoms with E-state index in [1.807, 2.05) is 44.2 Å². The molecular formula is C34H29F3N2O4. The highest BCUT2D eigenvalue weighted by atomic mass is 19.1. The lowest BCUT2D eigenvalue weighted by Gasteiger charge is -2.38. The van der Waals surface area contributed by atoms with Gasteiger partial charge in [0.1, 0.15) is 58.6 Å². The molecule has 4 aromatic carbocycles. The van der Waals surface area contributed by atoms with E-state index in [9.17, 15) is 9.90 Å². The smallest absolute Gasteiger partial charge is 0.265 e. The second kappa shape index (κ2) is 11.1. The average Bonchev–Trinajstić information content (AvgIpc) is 3.11. The van der Waals surface area contributed by atoms with Crippen molar-refractivity contribution in [3.63, 3.8) is 0 Å². The van der Waals surface area contributed by atoms with Crippen LogP contribution in [0, 0.1) is 22.9 Å². The van der Waals surface area contributed by atoms with Gasteiger partial charge in [-0.25, -0.2) is 13.2 Å². The number of nitrogens with zero attached hydrogens (tertiary/aromatic N) is 1. The van der Waals surface area contributed by atoms with Crippen LogP contribution in [0.2, 0.25) is 0 Å². The van der Waals surface area contributed by atoms with Crippen LogP contribution in [-0.4, -0.2) is 17.6 Å². The summed E-state index contributed by atoms with van der Waals surface area (Å²) in [6.45, 7) is 4.43. The first-order valence-electron chi connectivity index (χ1n) is 13.8. The molecule has 0 aliphatic carbocycles. The Balaban J connectivity index is 1.52. The molecule has 0 radical (unpaired) electrons. The van der Waals surface area contributed by atoms with Gasteiger partial charge in [-0.3, -0.25) is 9.69 Å². The van der Waals surface area contributed by atoms with Gasteiger partial charge in [-0.2, -0.15) is 0 Å². The number of aromatic hydroxyl groups is 1. The Kier molecular flexibility index (Phi) is 7.25. The van der Waals surface area contributed by atoms with Crippen LogP contribution >= 0.6 is 0 Å². The molecule has 0 spiro atoms. The first-order chi connectivity index (χ1) is 20.6. The van der Waals surface area contributed by atoms with Crippen molar-refractivity contribution in [1.29, 1.82) is 0 Å². The Hall–Kier alpha value is -4.92. The molecule has 4 aromatic rings. The van der Waals surface area contributed by atoms with Crippen molar-refractivity contribution < 1.29 is 32.5 Å². The lowest BCUT2D eigenvalue weighted by molar-refractivity contribution is 0.0755. The van der Waals surface area contributed by atoms with Crippen molar-refractivity contribution >= 4 is 17.3 Å². The van der Waals surface area contributed by atoms with Crippen molar-refractivity contribution in [1.82, 2.24) is 0 Å². The zero-order valence-corrected chi connectivity index (χ0v) is 23.5. The molecule has 2 aliphatic rings. The molecule has 0 saturated heterocycles. The van der Waals surface area contributed by atoms with Gasteiger partial charge in [0, 0.05) is 17.0 Å². The first kappa shape index (κ1) is 28.2. The average molecular weight is 587 g/mol. The number of amides is 1. The molecule has 0 aromatic heterocycles. The minimum atomic E-state index is -1.28. The second-order valence-corrected chi connectivity index (χ2v) is 11.4. The molecule has 2 N–H and O–H groups in total. The maximum Gasteiger partial charge on any atom is 0.265 e. The molecular weight excluding hydrogens is 557 g/mol. The normalized spacial score (nSPS) is 17.2. The molecule has 6 nitrogen and oxygen atoms in total. The van der Waals surface area contributed by atoms with E-state index in [0.717, 1.165) is 28.7 Å². The molecule has 220 valence electrons. The lowest BCUT2D eigenvalue weighted by atomic mass is 9.85. The molecule has 0 fully saturated rings. The number of carbonyl (C=O) groups is 1. The molecule has 1 atom stereocenters. The Morgan fingerprint density at radius 1 is 0.977 bits per heavy atom. The summed E-state index contributed by atoms with van der Waals surface area (Å²) < 4.78 is 58.3. The van der Waals surface area contributed by atoms with Crippen molar-refractivity contribution in [2.24, 2.45) is 5.41 Å².